The fourth-order valence-corrected chi connectivity index (χ4v) is 4.68. The number of benzene rings is 1. The topological polar surface area (TPSA) is 49.7 Å². The molecule has 1 aromatic rings. The highest BCUT2D eigenvalue weighted by Crippen LogP contribution is 2.62. The molecule has 0 spiro atoms. The number of rotatable bonds is 6. The minimum atomic E-state index is -1.11. The molecule has 0 heterocycles. The summed E-state index contributed by atoms with van der Waals surface area (Å²) in [5.41, 5.74) is 0.137. The number of hydrogen-bond donors (Lipinski definition) is 2. The predicted molar refractivity (Wildman–Crippen MR) is 91.0 cm³/mol. The molecule has 3 aliphatic carbocycles. The van der Waals surface area contributed by atoms with E-state index in [2.05, 4.69) is 32.9 Å². The lowest BCUT2D eigenvalue weighted by atomic mass is 9.43. The van der Waals surface area contributed by atoms with Gasteiger partial charge in [0.05, 0.1) is 18.8 Å². The van der Waals surface area contributed by atoms with Crippen LogP contribution in [0.1, 0.15) is 58.1 Å². The number of hydrogen-bond acceptors (Lipinski definition) is 3. The van der Waals surface area contributed by atoms with Crippen LogP contribution in [0.15, 0.2) is 30.3 Å². The van der Waals surface area contributed by atoms with Crippen molar-refractivity contribution in [2.45, 2.75) is 64.3 Å². The monoisotopic (exact) mass is 318 g/mol. The summed E-state index contributed by atoms with van der Waals surface area (Å²) in [4.78, 5) is 0. The van der Waals surface area contributed by atoms with Crippen LogP contribution in [0.5, 0.6) is 0 Å². The van der Waals surface area contributed by atoms with Crippen molar-refractivity contribution in [3.8, 4) is 0 Å². The van der Waals surface area contributed by atoms with Crippen molar-refractivity contribution in [1.29, 1.82) is 0 Å². The van der Waals surface area contributed by atoms with Crippen molar-refractivity contribution in [3.63, 3.8) is 0 Å². The second-order valence-electron chi connectivity index (χ2n) is 8.05. The van der Waals surface area contributed by atoms with E-state index < -0.39 is 11.7 Å². The molecule has 0 aromatic heterocycles. The molecule has 2 bridgehead atoms. The standard InChI is InChI=1S/C20H30O3/c1-4-8-16(14-9-6-5-7-10-14)23-13-20(22)17-11-15(12-18(20)21)19(17,2)3/h5-7,9-10,15-18,21-22H,4,8,11-13H2,1-3H3/t15-,16+,17-,18+,20-/m1/s1. The molecule has 0 saturated heterocycles. The Kier molecular flexibility index (Phi) is 4.56. The van der Waals surface area contributed by atoms with Crippen LogP contribution in [0.2, 0.25) is 0 Å². The largest absolute Gasteiger partial charge is 0.390 e. The molecule has 3 aliphatic rings. The third-order valence-electron chi connectivity index (χ3n) is 6.40. The second kappa shape index (κ2) is 6.19. The Morgan fingerprint density at radius 1 is 1.22 bits per heavy atom. The van der Waals surface area contributed by atoms with E-state index in [1.54, 1.807) is 0 Å². The van der Waals surface area contributed by atoms with Crippen LogP contribution < -0.4 is 0 Å². The summed E-state index contributed by atoms with van der Waals surface area (Å²) in [5.74, 6) is 0.658. The molecule has 0 radical (unpaired) electrons. The summed E-state index contributed by atoms with van der Waals surface area (Å²) in [7, 11) is 0. The number of aliphatic hydroxyl groups excluding tert-OH is 1. The number of ether oxygens (including phenoxy) is 1. The molecule has 3 fully saturated rings. The van der Waals surface area contributed by atoms with E-state index in [4.69, 9.17) is 4.74 Å². The molecule has 128 valence electrons. The van der Waals surface area contributed by atoms with Crippen LogP contribution in [-0.4, -0.2) is 28.5 Å². The molecule has 2 N–H and O–H groups in total. The summed E-state index contributed by atoms with van der Waals surface area (Å²) in [6.45, 7) is 6.78. The van der Waals surface area contributed by atoms with E-state index in [0.717, 1.165) is 24.8 Å². The van der Waals surface area contributed by atoms with E-state index in [1.807, 2.05) is 18.2 Å². The zero-order valence-corrected chi connectivity index (χ0v) is 14.5. The van der Waals surface area contributed by atoms with Crippen molar-refractivity contribution in [2.24, 2.45) is 17.3 Å². The molecule has 0 unspecified atom stereocenters. The molecule has 0 amide bonds. The maximum atomic E-state index is 11.2. The molecule has 3 nitrogen and oxygen atoms in total. The first-order valence-corrected chi connectivity index (χ1v) is 8.96. The highest BCUT2D eigenvalue weighted by Gasteiger charge is 2.64. The van der Waals surface area contributed by atoms with Gasteiger partial charge in [-0.2, -0.15) is 0 Å². The Hall–Kier alpha value is -0.900. The van der Waals surface area contributed by atoms with Crippen molar-refractivity contribution < 1.29 is 14.9 Å². The van der Waals surface area contributed by atoms with E-state index in [1.165, 1.54) is 0 Å². The Balaban J connectivity index is 1.72. The normalized spacial score (nSPS) is 36.3. The van der Waals surface area contributed by atoms with E-state index in [9.17, 15) is 10.2 Å². The fraction of sp³-hybridized carbons (Fsp3) is 0.700. The number of aliphatic hydroxyl groups is 2. The van der Waals surface area contributed by atoms with Crippen LogP contribution in [0.25, 0.3) is 0 Å². The quantitative estimate of drug-likeness (QED) is 0.841. The van der Waals surface area contributed by atoms with Gasteiger partial charge in [0.25, 0.3) is 0 Å². The zero-order chi connectivity index (χ0) is 16.7. The molecule has 0 aliphatic heterocycles. The van der Waals surface area contributed by atoms with Crippen LogP contribution in [0, 0.1) is 17.3 Å². The summed E-state index contributed by atoms with van der Waals surface area (Å²) >= 11 is 0. The van der Waals surface area contributed by atoms with Crippen molar-refractivity contribution in [2.75, 3.05) is 6.61 Å². The third-order valence-corrected chi connectivity index (χ3v) is 6.40. The SMILES string of the molecule is CCC[C@H](OC[C@@]1(O)[C@@H]2C[C@H](C[C@@H]1O)C2(C)C)c1ccccc1. The van der Waals surface area contributed by atoms with Crippen LogP contribution >= 0.6 is 0 Å². The summed E-state index contributed by atoms with van der Waals surface area (Å²) in [6, 6.07) is 10.2. The highest BCUT2D eigenvalue weighted by atomic mass is 16.5. The molecule has 3 saturated carbocycles. The smallest absolute Gasteiger partial charge is 0.117 e. The average molecular weight is 318 g/mol. The minimum Gasteiger partial charge on any atom is -0.390 e. The fourth-order valence-electron chi connectivity index (χ4n) is 4.68. The van der Waals surface area contributed by atoms with Gasteiger partial charge in [0.2, 0.25) is 0 Å². The van der Waals surface area contributed by atoms with Gasteiger partial charge in [-0.15, -0.1) is 0 Å². The van der Waals surface area contributed by atoms with Gasteiger partial charge in [0, 0.05) is 0 Å². The van der Waals surface area contributed by atoms with Gasteiger partial charge in [0.15, 0.2) is 0 Å². The number of fused-ring (bicyclic) bond motifs is 2. The van der Waals surface area contributed by atoms with Gasteiger partial charge >= 0.3 is 0 Å². The highest BCUT2D eigenvalue weighted by molar-refractivity contribution is 5.18. The minimum absolute atomic E-state index is 0.0154. The molecule has 5 atom stereocenters. The first kappa shape index (κ1) is 16.9. The molecule has 3 heteroatoms. The summed E-state index contributed by atoms with van der Waals surface area (Å²) < 4.78 is 6.16. The Morgan fingerprint density at radius 3 is 2.52 bits per heavy atom. The summed E-state index contributed by atoms with van der Waals surface area (Å²) in [5, 5.41) is 21.6. The second-order valence-corrected chi connectivity index (χ2v) is 8.05. The van der Waals surface area contributed by atoms with Gasteiger partial charge in [-0.3, -0.25) is 0 Å². The Labute approximate surface area is 139 Å². The predicted octanol–water partition coefficient (Wildman–Crippen LogP) is 3.70. The van der Waals surface area contributed by atoms with Gasteiger partial charge < -0.3 is 14.9 Å². The zero-order valence-electron chi connectivity index (χ0n) is 14.5. The van der Waals surface area contributed by atoms with Crippen molar-refractivity contribution in [3.05, 3.63) is 35.9 Å². The van der Waals surface area contributed by atoms with E-state index >= 15 is 0 Å². The van der Waals surface area contributed by atoms with Crippen molar-refractivity contribution >= 4 is 0 Å². The van der Waals surface area contributed by atoms with Gasteiger partial charge in [0.1, 0.15) is 5.60 Å². The van der Waals surface area contributed by atoms with Crippen LogP contribution in [0.3, 0.4) is 0 Å². The van der Waals surface area contributed by atoms with Gasteiger partial charge in [-0.25, -0.2) is 0 Å². The maximum Gasteiger partial charge on any atom is 0.117 e. The Bertz CT molecular complexity index is 527. The lowest BCUT2D eigenvalue weighted by Gasteiger charge is -2.64. The average Bonchev–Trinajstić information content (AvgIpc) is 2.54. The first-order valence-electron chi connectivity index (χ1n) is 8.96. The van der Waals surface area contributed by atoms with E-state index in [-0.39, 0.29) is 24.0 Å². The Morgan fingerprint density at radius 2 is 1.91 bits per heavy atom. The summed E-state index contributed by atoms with van der Waals surface area (Å²) in [6.07, 6.45) is 2.96. The van der Waals surface area contributed by atoms with Crippen LogP contribution in [-0.2, 0) is 4.74 Å². The lowest BCUT2D eigenvalue weighted by molar-refractivity contribution is -0.273. The molecule has 4 rings (SSSR count). The third kappa shape index (κ3) is 2.84. The van der Waals surface area contributed by atoms with Gasteiger partial charge in [-0.05, 0) is 42.1 Å². The first-order chi connectivity index (χ1) is 10.9. The molecule has 23 heavy (non-hydrogen) atoms. The molecular weight excluding hydrogens is 288 g/mol. The lowest BCUT2D eigenvalue weighted by Crippen LogP contribution is -2.69. The molecular formula is C20H30O3. The van der Waals surface area contributed by atoms with E-state index in [0.29, 0.717) is 12.3 Å². The van der Waals surface area contributed by atoms with Crippen LogP contribution in [0.4, 0.5) is 0 Å². The maximum absolute atomic E-state index is 11.2. The van der Waals surface area contributed by atoms with Crippen molar-refractivity contribution in [1.82, 2.24) is 0 Å². The molecule has 1 aromatic carbocycles. The van der Waals surface area contributed by atoms with Gasteiger partial charge in [-0.1, -0.05) is 57.5 Å².